The maximum absolute atomic E-state index is 2.57. The van der Waals surface area contributed by atoms with Gasteiger partial charge in [0.05, 0.1) is 5.41 Å². The van der Waals surface area contributed by atoms with Gasteiger partial charge in [0.15, 0.2) is 0 Å². The summed E-state index contributed by atoms with van der Waals surface area (Å²) >= 11 is 0. The van der Waals surface area contributed by atoms with Crippen LogP contribution in [0.3, 0.4) is 0 Å². The molecule has 0 nitrogen and oxygen atoms in total. The summed E-state index contributed by atoms with van der Waals surface area (Å²) in [6, 6.07) is 81.7. The van der Waals surface area contributed by atoms with Gasteiger partial charge in [-0.25, -0.2) is 0 Å². The third-order valence-electron chi connectivity index (χ3n) is 12.7. The fourth-order valence-electron chi connectivity index (χ4n) is 10.3. The van der Waals surface area contributed by atoms with Gasteiger partial charge in [-0.2, -0.15) is 0 Å². The molecule has 1 aliphatic rings. The van der Waals surface area contributed by atoms with Crippen LogP contribution in [0.4, 0.5) is 0 Å². The molecule has 0 radical (unpaired) electrons. The molecule has 11 aromatic rings. The molecule has 0 heterocycles. The number of fused-ring (bicyclic) bond motifs is 9. The van der Waals surface area contributed by atoms with Gasteiger partial charge in [-0.3, -0.25) is 0 Å². The van der Waals surface area contributed by atoms with Crippen LogP contribution in [0, 0.1) is 0 Å². The minimum atomic E-state index is -0.594. The van der Waals surface area contributed by atoms with Gasteiger partial charge in [0.2, 0.25) is 0 Å². The van der Waals surface area contributed by atoms with E-state index in [2.05, 4.69) is 218 Å². The minimum Gasteiger partial charge on any atom is -0.0622 e. The zero-order valence-corrected chi connectivity index (χ0v) is 31.3. The summed E-state index contributed by atoms with van der Waals surface area (Å²) in [6.45, 7) is 0. The lowest BCUT2D eigenvalue weighted by Crippen LogP contribution is -2.28. The van der Waals surface area contributed by atoms with Crippen LogP contribution >= 0.6 is 0 Å². The minimum absolute atomic E-state index is 0.594. The van der Waals surface area contributed by atoms with Crippen molar-refractivity contribution in [2.45, 2.75) is 5.41 Å². The molecular formula is C57H36. The Morgan fingerprint density at radius 1 is 0.246 bits per heavy atom. The second-order valence-corrected chi connectivity index (χ2v) is 15.5. The van der Waals surface area contributed by atoms with Crippen molar-refractivity contribution in [2.75, 3.05) is 0 Å². The van der Waals surface area contributed by atoms with E-state index in [1.54, 1.807) is 0 Å². The molecule has 264 valence electrons. The molecule has 0 unspecified atom stereocenters. The second kappa shape index (κ2) is 12.4. The maximum atomic E-state index is 2.57. The molecule has 0 spiro atoms. The van der Waals surface area contributed by atoms with Gasteiger partial charge in [0, 0.05) is 0 Å². The van der Waals surface area contributed by atoms with E-state index in [9.17, 15) is 0 Å². The van der Waals surface area contributed by atoms with Crippen LogP contribution in [0.25, 0.3) is 87.2 Å². The van der Waals surface area contributed by atoms with Crippen molar-refractivity contribution >= 4 is 53.9 Å². The highest BCUT2D eigenvalue weighted by Crippen LogP contribution is 2.60. The highest BCUT2D eigenvalue weighted by Gasteiger charge is 2.47. The van der Waals surface area contributed by atoms with Crippen molar-refractivity contribution in [2.24, 2.45) is 0 Å². The Morgan fingerprint density at radius 3 is 1.18 bits per heavy atom. The first kappa shape index (κ1) is 32.0. The zero-order chi connectivity index (χ0) is 37.5. The summed E-state index contributed by atoms with van der Waals surface area (Å²) < 4.78 is 0. The maximum Gasteiger partial charge on any atom is 0.0714 e. The lowest BCUT2D eigenvalue weighted by atomic mass is 9.66. The van der Waals surface area contributed by atoms with Gasteiger partial charge in [0.25, 0.3) is 0 Å². The van der Waals surface area contributed by atoms with Crippen molar-refractivity contribution < 1.29 is 0 Å². The van der Waals surface area contributed by atoms with E-state index in [0.717, 1.165) is 0 Å². The molecule has 0 bridgehead atoms. The zero-order valence-electron chi connectivity index (χ0n) is 31.3. The average molecular weight is 721 g/mol. The standard InChI is InChI=1S/C57H36/c1-3-21-42(22-4-1)57(43-23-5-2-6-24-43)52-35-41(54-44-25-11-7-17-37(44)33-38-18-8-12-26-45(38)54)31-32-50(52)56-49-30-16-15-29-48(49)51(36-53(56)57)55-46-27-13-9-19-39(46)34-40-20-10-14-28-47(40)55/h1-36H. The van der Waals surface area contributed by atoms with E-state index in [1.165, 1.54) is 109 Å². The Hall–Kier alpha value is -7.28. The summed E-state index contributed by atoms with van der Waals surface area (Å²) in [6.07, 6.45) is 0. The first-order valence-corrected chi connectivity index (χ1v) is 19.9. The third-order valence-corrected chi connectivity index (χ3v) is 12.7. The molecule has 0 N–H and O–H groups in total. The van der Waals surface area contributed by atoms with Crippen LogP contribution in [-0.4, -0.2) is 0 Å². The molecule has 0 saturated heterocycles. The summed E-state index contributed by atoms with van der Waals surface area (Å²) in [5.74, 6) is 0. The van der Waals surface area contributed by atoms with E-state index in [-0.39, 0.29) is 0 Å². The van der Waals surface area contributed by atoms with E-state index in [4.69, 9.17) is 0 Å². The number of hydrogen-bond acceptors (Lipinski definition) is 0. The highest BCUT2D eigenvalue weighted by molar-refractivity contribution is 6.20. The molecule has 0 amide bonds. The molecule has 1 aliphatic carbocycles. The monoisotopic (exact) mass is 720 g/mol. The van der Waals surface area contributed by atoms with Gasteiger partial charge in [0.1, 0.15) is 0 Å². The fourth-order valence-corrected chi connectivity index (χ4v) is 10.3. The van der Waals surface area contributed by atoms with Crippen LogP contribution < -0.4 is 0 Å². The molecule has 0 aliphatic heterocycles. The first-order valence-electron chi connectivity index (χ1n) is 19.9. The lowest BCUT2D eigenvalue weighted by molar-refractivity contribution is 0.769. The smallest absolute Gasteiger partial charge is 0.0622 e. The summed E-state index contributed by atoms with van der Waals surface area (Å²) in [5, 5.41) is 12.6. The lowest BCUT2D eigenvalue weighted by Gasteiger charge is -2.34. The predicted octanol–water partition coefficient (Wildman–Crippen LogP) is 15.1. The molecule has 0 fully saturated rings. The Bertz CT molecular complexity index is 3240. The first-order chi connectivity index (χ1) is 28.3. The summed E-state index contributed by atoms with van der Waals surface area (Å²) in [5.41, 5.74) is 12.2. The number of benzene rings is 11. The van der Waals surface area contributed by atoms with E-state index >= 15 is 0 Å². The molecule has 0 aromatic heterocycles. The van der Waals surface area contributed by atoms with E-state index < -0.39 is 5.41 Å². The fraction of sp³-hybridized carbons (Fsp3) is 0.0175. The van der Waals surface area contributed by atoms with Gasteiger partial charge < -0.3 is 0 Å². The Labute approximate surface area is 331 Å². The topological polar surface area (TPSA) is 0 Å². The van der Waals surface area contributed by atoms with Crippen LogP contribution in [0.5, 0.6) is 0 Å². The van der Waals surface area contributed by atoms with Gasteiger partial charge in [-0.05, 0) is 134 Å². The van der Waals surface area contributed by atoms with Crippen molar-refractivity contribution in [3.8, 4) is 33.4 Å². The van der Waals surface area contributed by atoms with Crippen LogP contribution in [0.15, 0.2) is 218 Å². The van der Waals surface area contributed by atoms with Crippen LogP contribution in [-0.2, 0) is 5.41 Å². The molecule has 11 aromatic carbocycles. The van der Waals surface area contributed by atoms with Crippen LogP contribution in [0.2, 0.25) is 0 Å². The molecule has 0 atom stereocenters. The predicted molar refractivity (Wildman–Crippen MR) is 242 cm³/mol. The van der Waals surface area contributed by atoms with E-state index in [1.807, 2.05) is 0 Å². The molecular weight excluding hydrogens is 685 g/mol. The quantitative estimate of drug-likeness (QED) is 0.159. The van der Waals surface area contributed by atoms with Crippen molar-refractivity contribution in [3.63, 3.8) is 0 Å². The van der Waals surface area contributed by atoms with Crippen molar-refractivity contribution in [3.05, 3.63) is 241 Å². The number of hydrogen-bond donors (Lipinski definition) is 0. The summed E-state index contributed by atoms with van der Waals surface area (Å²) in [7, 11) is 0. The van der Waals surface area contributed by atoms with Crippen molar-refractivity contribution in [1.82, 2.24) is 0 Å². The summed E-state index contributed by atoms with van der Waals surface area (Å²) in [4.78, 5) is 0. The SMILES string of the molecule is c1ccc(C2(c3ccccc3)c3cc(-c4c5ccccc5cc5ccccc45)ccc3-c3c2cc(-c2c4ccccc4cc4ccccc24)c2ccccc32)cc1. The van der Waals surface area contributed by atoms with Gasteiger partial charge >= 0.3 is 0 Å². The highest BCUT2D eigenvalue weighted by atomic mass is 14.5. The normalized spacial score (nSPS) is 13.1. The van der Waals surface area contributed by atoms with Gasteiger partial charge in [-0.1, -0.05) is 194 Å². The second-order valence-electron chi connectivity index (χ2n) is 15.5. The molecule has 57 heavy (non-hydrogen) atoms. The Balaban J connectivity index is 1.27. The molecule has 0 heteroatoms. The van der Waals surface area contributed by atoms with Crippen molar-refractivity contribution in [1.29, 1.82) is 0 Å². The third kappa shape index (κ3) is 4.56. The molecule has 12 rings (SSSR count). The van der Waals surface area contributed by atoms with Gasteiger partial charge in [-0.15, -0.1) is 0 Å². The van der Waals surface area contributed by atoms with Crippen LogP contribution in [0.1, 0.15) is 22.3 Å². The molecule has 0 saturated carbocycles. The largest absolute Gasteiger partial charge is 0.0714 e. The van der Waals surface area contributed by atoms with E-state index in [0.29, 0.717) is 0 Å². The Kier molecular flexibility index (Phi) is 6.94. The number of rotatable bonds is 4. The Morgan fingerprint density at radius 2 is 0.667 bits per heavy atom. The average Bonchev–Trinajstić information content (AvgIpc) is 3.58.